The summed E-state index contributed by atoms with van der Waals surface area (Å²) in [5.41, 5.74) is -0.414. The number of carbonyl (C=O) groups is 1. The van der Waals surface area contributed by atoms with Crippen molar-refractivity contribution in [3.63, 3.8) is 0 Å². The lowest BCUT2D eigenvalue weighted by Gasteiger charge is -2.22. The molecular formula is C22H23ClN2O5S. The predicted molar refractivity (Wildman–Crippen MR) is 116 cm³/mol. The molecule has 0 bridgehead atoms. The van der Waals surface area contributed by atoms with Crippen molar-refractivity contribution in [2.75, 3.05) is 6.61 Å². The van der Waals surface area contributed by atoms with Gasteiger partial charge in [0.2, 0.25) is 15.7 Å². The Balaban J connectivity index is 1.98. The van der Waals surface area contributed by atoms with Gasteiger partial charge in [0.05, 0.1) is 21.2 Å². The number of hydrogen-bond acceptors (Lipinski definition) is 6. The van der Waals surface area contributed by atoms with Crippen LogP contribution in [0.2, 0.25) is 5.02 Å². The maximum absolute atomic E-state index is 13.3. The van der Waals surface area contributed by atoms with Crippen molar-refractivity contribution >= 4 is 27.4 Å². The molecule has 3 rings (SSSR count). The summed E-state index contributed by atoms with van der Waals surface area (Å²) in [7, 11) is -3.98. The Hall–Kier alpha value is -2.84. The maximum Gasteiger partial charge on any atom is 0.350 e. The van der Waals surface area contributed by atoms with E-state index in [1.807, 2.05) is 20.8 Å². The number of para-hydroxylation sites is 1. The van der Waals surface area contributed by atoms with Crippen molar-refractivity contribution in [2.24, 2.45) is 0 Å². The topological polar surface area (TPSA) is 87.5 Å². The van der Waals surface area contributed by atoms with Gasteiger partial charge in [-0.3, -0.25) is 0 Å². The molecule has 7 nitrogen and oxygen atoms in total. The smallest absolute Gasteiger partial charge is 0.350 e. The SMILES string of the molecule is Cc1nn(C(C)(C)C)c(OC(=O)COc2ccccc2Cl)c1S(=O)(=O)c1ccccc1. The summed E-state index contributed by atoms with van der Waals surface area (Å²) in [6.07, 6.45) is 0. The third-order valence-electron chi connectivity index (χ3n) is 4.32. The van der Waals surface area contributed by atoms with Gasteiger partial charge in [-0.1, -0.05) is 41.9 Å². The molecular weight excluding hydrogens is 440 g/mol. The highest BCUT2D eigenvalue weighted by Crippen LogP contribution is 2.36. The van der Waals surface area contributed by atoms with Gasteiger partial charge in [-0.15, -0.1) is 0 Å². The van der Waals surface area contributed by atoms with Gasteiger partial charge in [0.25, 0.3) is 0 Å². The second-order valence-electron chi connectivity index (χ2n) is 7.81. The molecule has 164 valence electrons. The van der Waals surface area contributed by atoms with Crippen LogP contribution in [-0.4, -0.2) is 30.8 Å². The van der Waals surface area contributed by atoms with Gasteiger partial charge in [0.1, 0.15) is 5.75 Å². The maximum atomic E-state index is 13.3. The van der Waals surface area contributed by atoms with Gasteiger partial charge < -0.3 is 9.47 Å². The minimum atomic E-state index is -3.98. The van der Waals surface area contributed by atoms with Crippen LogP contribution in [-0.2, 0) is 20.2 Å². The highest BCUT2D eigenvalue weighted by atomic mass is 35.5. The largest absolute Gasteiger partial charge is 0.480 e. The van der Waals surface area contributed by atoms with E-state index < -0.39 is 28.0 Å². The summed E-state index contributed by atoms with van der Waals surface area (Å²) in [6.45, 7) is 6.60. The number of sulfone groups is 1. The molecule has 0 radical (unpaired) electrons. The van der Waals surface area contributed by atoms with Gasteiger partial charge >= 0.3 is 5.97 Å². The fourth-order valence-electron chi connectivity index (χ4n) is 2.90. The zero-order chi connectivity index (χ0) is 22.8. The molecule has 0 N–H and O–H groups in total. The normalized spacial score (nSPS) is 11.9. The van der Waals surface area contributed by atoms with E-state index >= 15 is 0 Å². The fraction of sp³-hybridized carbons (Fsp3) is 0.273. The van der Waals surface area contributed by atoms with Crippen molar-refractivity contribution < 1.29 is 22.7 Å². The Kier molecular flexibility index (Phi) is 6.43. The second-order valence-corrected chi connectivity index (χ2v) is 10.1. The first-order valence-electron chi connectivity index (χ1n) is 9.50. The number of halogens is 1. The Morgan fingerprint density at radius 2 is 1.68 bits per heavy atom. The molecule has 0 aliphatic carbocycles. The van der Waals surface area contributed by atoms with Crippen LogP contribution in [0.25, 0.3) is 0 Å². The number of ether oxygens (including phenoxy) is 2. The molecule has 0 unspecified atom stereocenters. The molecule has 0 atom stereocenters. The zero-order valence-corrected chi connectivity index (χ0v) is 19.2. The van der Waals surface area contributed by atoms with Crippen LogP contribution in [0.15, 0.2) is 64.4 Å². The number of hydrogen-bond donors (Lipinski definition) is 0. The minimum absolute atomic E-state index is 0.0798. The number of esters is 1. The molecule has 1 heterocycles. The van der Waals surface area contributed by atoms with E-state index in [2.05, 4.69) is 5.10 Å². The van der Waals surface area contributed by atoms with Gasteiger partial charge in [0.15, 0.2) is 11.5 Å². The van der Waals surface area contributed by atoms with E-state index in [4.69, 9.17) is 21.1 Å². The first-order chi connectivity index (χ1) is 14.5. The lowest BCUT2D eigenvalue weighted by molar-refractivity contribution is -0.137. The quantitative estimate of drug-likeness (QED) is 0.504. The second kappa shape index (κ2) is 8.72. The minimum Gasteiger partial charge on any atom is -0.480 e. The lowest BCUT2D eigenvalue weighted by atomic mass is 10.1. The van der Waals surface area contributed by atoms with E-state index in [0.717, 1.165) is 0 Å². The van der Waals surface area contributed by atoms with E-state index in [1.54, 1.807) is 49.4 Å². The molecule has 0 aliphatic rings. The number of carbonyl (C=O) groups excluding carboxylic acids is 1. The average Bonchev–Trinajstić information content (AvgIpc) is 3.05. The van der Waals surface area contributed by atoms with E-state index in [1.165, 1.54) is 16.8 Å². The van der Waals surface area contributed by atoms with Crippen LogP contribution < -0.4 is 9.47 Å². The third-order valence-corrected chi connectivity index (χ3v) is 6.53. The molecule has 2 aromatic carbocycles. The number of aryl methyl sites for hydroxylation is 1. The molecule has 0 saturated carbocycles. The zero-order valence-electron chi connectivity index (χ0n) is 17.6. The van der Waals surface area contributed by atoms with Crippen LogP contribution in [0.5, 0.6) is 11.6 Å². The summed E-state index contributed by atoms with van der Waals surface area (Å²) >= 11 is 6.04. The van der Waals surface area contributed by atoms with Crippen molar-refractivity contribution in [2.45, 2.75) is 43.0 Å². The first kappa shape index (κ1) is 22.8. The lowest BCUT2D eigenvalue weighted by Crippen LogP contribution is -2.27. The Bertz CT molecular complexity index is 1200. The number of aromatic nitrogens is 2. The predicted octanol–water partition coefficient (Wildman–Crippen LogP) is 4.42. The van der Waals surface area contributed by atoms with E-state index in [0.29, 0.717) is 10.8 Å². The van der Waals surface area contributed by atoms with E-state index in [-0.39, 0.29) is 21.4 Å². The monoisotopic (exact) mass is 462 g/mol. The summed E-state index contributed by atoms with van der Waals surface area (Å²) in [4.78, 5) is 12.5. The first-order valence-corrected chi connectivity index (χ1v) is 11.4. The summed E-state index contributed by atoms with van der Waals surface area (Å²) in [5, 5.41) is 4.70. The van der Waals surface area contributed by atoms with Crippen molar-refractivity contribution in [3.05, 3.63) is 65.3 Å². The van der Waals surface area contributed by atoms with Crippen molar-refractivity contribution in [3.8, 4) is 11.6 Å². The van der Waals surface area contributed by atoms with E-state index in [9.17, 15) is 13.2 Å². The van der Waals surface area contributed by atoms with Crippen LogP contribution in [0.3, 0.4) is 0 Å². The van der Waals surface area contributed by atoms with Crippen LogP contribution >= 0.6 is 11.6 Å². The fourth-order valence-corrected chi connectivity index (χ4v) is 4.63. The summed E-state index contributed by atoms with van der Waals surface area (Å²) in [6, 6.07) is 14.6. The Labute approximate surface area is 186 Å². The highest BCUT2D eigenvalue weighted by Gasteiger charge is 2.34. The molecule has 1 aromatic heterocycles. The molecule has 0 fully saturated rings. The highest BCUT2D eigenvalue weighted by molar-refractivity contribution is 7.91. The number of benzene rings is 2. The standard InChI is InChI=1S/C22H23ClN2O5S/c1-15-20(31(27,28)16-10-6-5-7-11-16)21(25(24-15)22(2,3)4)30-19(26)14-29-18-13-9-8-12-17(18)23/h5-13H,14H2,1-4H3. The average molecular weight is 463 g/mol. The Morgan fingerprint density at radius 1 is 1.06 bits per heavy atom. The summed E-state index contributed by atoms with van der Waals surface area (Å²) in [5.74, 6) is -0.616. The molecule has 31 heavy (non-hydrogen) atoms. The molecule has 0 saturated heterocycles. The van der Waals surface area contributed by atoms with Gasteiger partial charge in [-0.25, -0.2) is 17.9 Å². The van der Waals surface area contributed by atoms with Gasteiger partial charge in [-0.2, -0.15) is 5.10 Å². The molecule has 9 heteroatoms. The molecule has 3 aromatic rings. The number of rotatable bonds is 6. The third kappa shape index (κ3) is 4.91. The van der Waals surface area contributed by atoms with Crippen LogP contribution in [0, 0.1) is 6.92 Å². The van der Waals surface area contributed by atoms with Crippen LogP contribution in [0.1, 0.15) is 26.5 Å². The van der Waals surface area contributed by atoms with Crippen molar-refractivity contribution in [1.29, 1.82) is 0 Å². The van der Waals surface area contributed by atoms with Gasteiger partial charge in [0, 0.05) is 0 Å². The van der Waals surface area contributed by atoms with Gasteiger partial charge in [-0.05, 0) is 52.0 Å². The molecule has 0 amide bonds. The Morgan fingerprint density at radius 3 is 2.29 bits per heavy atom. The molecule has 0 spiro atoms. The van der Waals surface area contributed by atoms with Crippen molar-refractivity contribution in [1.82, 2.24) is 9.78 Å². The van der Waals surface area contributed by atoms with Crippen LogP contribution in [0.4, 0.5) is 0 Å². The summed E-state index contributed by atoms with van der Waals surface area (Å²) < 4.78 is 39.0. The number of nitrogens with zero attached hydrogens (tertiary/aromatic N) is 2. The molecule has 0 aliphatic heterocycles.